The van der Waals surface area contributed by atoms with E-state index < -0.39 is 17.6 Å². The lowest BCUT2D eigenvalue weighted by Crippen LogP contribution is -2.32. The van der Waals surface area contributed by atoms with Crippen molar-refractivity contribution < 1.29 is 27.6 Å². The first kappa shape index (κ1) is 23.2. The van der Waals surface area contributed by atoms with E-state index in [-0.39, 0.29) is 46.9 Å². The van der Waals surface area contributed by atoms with E-state index in [1.807, 2.05) is 12.2 Å². The molecule has 3 aromatic rings. The predicted octanol–water partition coefficient (Wildman–Crippen LogP) is 5.36. The van der Waals surface area contributed by atoms with Crippen LogP contribution < -0.4 is 10.2 Å². The van der Waals surface area contributed by atoms with Crippen LogP contribution in [0, 0.1) is 23.7 Å². The Bertz CT molecular complexity index is 1420. The zero-order chi connectivity index (χ0) is 25.2. The number of hydrogen-bond acceptors (Lipinski definition) is 6. The minimum absolute atomic E-state index is 0.124. The zero-order valence-electron chi connectivity index (χ0n) is 18.5. The molecule has 2 fully saturated rings. The van der Waals surface area contributed by atoms with Crippen LogP contribution in [0.25, 0.3) is 10.2 Å². The maximum absolute atomic E-state index is 13.2. The van der Waals surface area contributed by atoms with Gasteiger partial charge in [0.15, 0.2) is 4.34 Å². The molecule has 1 aliphatic heterocycles. The highest BCUT2D eigenvalue weighted by atomic mass is 32.2. The minimum Gasteiger partial charge on any atom is -0.325 e. The van der Waals surface area contributed by atoms with Crippen LogP contribution in [0.4, 0.5) is 24.5 Å². The average Bonchev–Trinajstić information content (AvgIpc) is 3.60. The van der Waals surface area contributed by atoms with Crippen LogP contribution in [0.3, 0.4) is 0 Å². The Morgan fingerprint density at radius 2 is 1.78 bits per heavy atom. The number of fused-ring (bicyclic) bond motifs is 6. The molecule has 3 amide bonds. The summed E-state index contributed by atoms with van der Waals surface area (Å²) in [6, 6.07) is 9.99. The molecule has 0 radical (unpaired) electrons. The van der Waals surface area contributed by atoms with Gasteiger partial charge in [-0.25, -0.2) is 9.88 Å². The maximum Gasteiger partial charge on any atom is 0.418 e. The number of nitrogens with zero attached hydrogens (tertiary/aromatic N) is 2. The van der Waals surface area contributed by atoms with Crippen LogP contribution in [0.2, 0.25) is 0 Å². The van der Waals surface area contributed by atoms with Crippen molar-refractivity contribution in [1.29, 1.82) is 0 Å². The monoisotopic (exact) mass is 529 g/mol. The molecule has 3 aliphatic rings. The van der Waals surface area contributed by atoms with E-state index in [9.17, 15) is 27.6 Å². The lowest BCUT2D eigenvalue weighted by molar-refractivity contribution is -0.137. The third kappa shape index (κ3) is 3.81. The fourth-order valence-electron chi connectivity index (χ4n) is 5.40. The fourth-order valence-corrected chi connectivity index (χ4v) is 7.30. The summed E-state index contributed by atoms with van der Waals surface area (Å²) in [7, 11) is 0. The summed E-state index contributed by atoms with van der Waals surface area (Å²) >= 11 is 2.40. The number of amides is 3. The number of halogens is 3. The number of hydrogen-bond donors (Lipinski definition) is 1. The third-order valence-electron chi connectivity index (χ3n) is 6.91. The van der Waals surface area contributed by atoms with E-state index >= 15 is 0 Å². The number of allylic oxidation sites excluding steroid dienone is 2. The van der Waals surface area contributed by atoms with Gasteiger partial charge in [-0.1, -0.05) is 36.0 Å². The molecule has 2 heterocycles. The summed E-state index contributed by atoms with van der Waals surface area (Å²) in [5.41, 5.74) is -0.0456. The molecule has 6 rings (SSSR count). The van der Waals surface area contributed by atoms with Crippen LogP contribution in [-0.4, -0.2) is 28.5 Å². The molecule has 1 saturated carbocycles. The molecule has 184 valence electrons. The highest BCUT2D eigenvalue weighted by Gasteiger charge is 2.59. The van der Waals surface area contributed by atoms with Gasteiger partial charge in [0.2, 0.25) is 17.7 Å². The number of imide groups is 1. The molecule has 6 nitrogen and oxygen atoms in total. The molecule has 36 heavy (non-hydrogen) atoms. The number of anilines is 2. The molecule has 2 bridgehead atoms. The van der Waals surface area contributed by atoms with E-state index in [4.69, 9.17) is 0 Å². The van der Waals surface area contributed by atoms with Crippen molar-refractivity contribution in [3.05, 3.63) is 60.2 Å². The van der Waals surface area contributed by atoms with Crippen molar-refractivity contribution >= 4 is 62.4 Å². The number of thioether (sulfide) groups is 1. The summed E-state index contributed by atoms with van der Waals surface area (Å²) < 4.78 is 40.8. The third-order valence-corrected chi connectivity index (χ3v) is 9.08. The van der Waals surface area contributed by atoms with Gasteiger partial charge in [0, 0.05) is 0 Å². The molecule has 1 aromatic heterocycles. The van der Waals surface area contributed by atoms with E-state index in [1.165, 1.54) is 34.4 Å². The number of benzene rings is 2. The van der Waals surface area contributed by atoms with Crippen LogP contribution in [-0.2, 0) is 20.6 Å². The first-order valence-electron chi connectivity index (χ1n) is 11.3. The molecule has 0 unspecified atom stereocenters. The van der Waals surface area contributed by atoms with Gasteiger partial charge in [0.05, 0.1) is 44.7 Å². The van der Waals surface area contributed by atoms with Crippen LogP contribution in [0.15, 0.2) is 59.0 Å². The number of nitrogens with one attached hydrogen (secondary N) is 1. The van der Waals surface area contributed by atoms with E-state index in [2.05, 4.69) is 10.3 Å². The van der Waals surface area contributed by atoms with Gasteiger partial charge in [0.25, 0.3) is 0 Å². The number of carbonyl (C=O) groups excluding carboxylic acids is 3. The molecule has 1 saturated heterocycles. The van der Waals surface area contributed by atoms with E-state index in [0.29, 0.717) is 15.5 Å². The minimum atomic E-state index is -4.57. The van der Waals surface area contributed by atoms with Crippen molar-refractivity contribution in [3.8, 4) is 0 Å². The van der Waals surface area contributed by atoms with Gasteiger partial charge in [-0.15, -0.1) is 11.3 Å². The van der Waals surface area contributed by atoms with Crippen LogP contribution in [0.1, 0.15) is 12.0 Å². The molecule has 2 aromatic carbocycles. The maximum atomic E-state index is 13.2. The van der Waals surface area contributed by atoms with Crippen LogP contribution >= 0.6 is 23.1 Å². The number of carbonyl (C=O) groups is 3. The predicted molar refractivity (Wildman–Crippen MR) is 131 cm³/mol. The average molecular weight is 530 g/mol. The lowest BCUT2D eigenvalue weighted by Gasteiger charge is -2.17. The fraction of sp³-hybridized carbons (Fsp3) is 0.280. The van der Waals surface area contributed by atoms with Gasteiger partial charge < -0.3 is 5.32 Å². The molecular weight excluding hydrogens is 511 g/mol. The van der Waals surface area contributed by atoms with E-state index in [0.717, 1.165) is 28.9 Å². The van der Waals surface area contributed by atoms with Crippen LogP contribution in [0.5, 0.6) is 0 Å². The first-order chi connectivity index (χ1) is 17.2. The standard InChI is InChI=1S/C25H18F3N3O3S2/c26-25(27,28)15-3-1-2-4-16(15)29-19(32)11-35-24-30-17-8-7-14(10-18(17)36-24)31-22(33)20-12-5-6-13(9-12)21(20)23(31)34/h1-8,10,12-13,20-21H,9,11H2,(H,29,32)/t12-,13-,20-,21+/m0/s1. The highest BCUT2D eigenvalue weighted by Crippen LogP contribution is 2.53. The second kappa shape index (κ2) is 8.45. The summed E-state index contributed by atoms with van der Waals surface area (Å²) in [5, 5.41) is 2.32. The van der Waals surface area contributed by atoms with E-state index in [1.54, 1.807) is 18.2 Å². The lowest BCUT2D eigenvalue weighted by atomic mass is 9.85. The topological polar surface area (TPSA) is 79.4 Å². The van der Waals surface area contributed by atoms with Crippen molar-refractivity contribution in [2.75, 3.05) is 16.0 Å². The van der Waals surface area contributed by atoms with Crippen molar-refractivity contribution in [2.45, 2.75) is 16.9 Å². The Kier molecular flexibility index (Phi) is 5.45. The summed E-state index contributed by atoms with van der Waals surface area (Å²) in [6.07, 6.45) is 0.390. The van der Waals surface area contributed by atoms with Crippen molar-refractivity contribution in [1.82, 2.24) is 4.98 Å². The molecule has 2 aliphatic carbocycles. The SMILES string of the molecule is O=C(CSc1nc2ccc(N3C(=O)[C@@H]4[C@H](C3=O)[C@H]3C=C[C@H]4C3)cc2s1)Nc1ccccc1C(F)(F)F. The highest BCUT2D eigenvalue weighted by molar-refractivity contribution is 8.01. The quantitative estimate of drug-likeness (QED) is 0.274. The van der Waals surface area contributed by atoms with Crippen molar-refractivity contribution in [3.63, 3.8) is 0 Å². The number of para-hydroxylation sites is 1. The molecule has 0 spiro atoms. The molecule has 4 atom stereocenters. The van der Waals surface area contributed by atoms with Gasteiger partial charge in [0.1, 0.15) is 0 Å². The van der Waals surface area contributed by atoms with Gasteiger partial charge in [-0.3, -0.25) is 14.4 Å². The van der Waals surface area contributed by atoms with Gasteiger partial charge in [-0.2, -0.15) is 13.2 Å². The zero-order valence-corrected chi connectivity index (χ0v) is 20.1. The summed E-state index contributed by atoms with van der Waals surface area (Å²) in [4.78, 5) is 44.2. The number of thiazole rings is 1. The van der Waals surface area contributed by atoms with Crippen molar-refractivity contribution in [2.24, 2.45) is 23.7 Å². The number of aromatic nitrogens is 1. The Labute approximate surface area is 211 Å². The van der Waals surface area contributed by atoms with Gasteiger partial charge >= 0.3 is 6.18 Å². The normalized spacial score (nSPS) is 24.7. The first-order valence-corrected chi connectivity index (χ1v) is 13.1. The Hall–Kier alpha value is -3.18. The second-order valence-corrected chi connectivity index (χ2v) is 11.3. The second-order valence-electron chi connectivity index (χ2n) is 9.02. The summed E-state index contributed by atoms with van der Waals surface area (Å²) in [6.45, 7) is 0. The Morgan fingerprint density at radius 1 is 1.08 bits per heavy atom. The van der Waals surface area contributed by atoms with Gasteiger partial charge in [-0.05, 0) is 48.6 Å². The largest absolute Gasteiger partial charge is 0.418 e. The number of rotatable bonds is 5. The Morgan fingerprint density at radius 3 is 2.47 bits per heavy atom. The molecule has 11 heteroatoms. The summed E-state index contributed by atoms with van der Waals surface area (Å²) in [5.74, 6) is -1.32. The Balaban J connectivity index is 1.15. The number of alkyl halides is 3. The molecule has 1 N–H and O–H groups in total. The molecular formula is C25H18F3N3O3S2. The smallest absolute Gasteiger partial charge is 0.325 e.